The molecule has 2 N–H and O–H groups in total. The van der Waals surface area contributed by atoms with Gasteiger partial charge in [-0.2, -0.15) is 0 Å². The number of anilines is 1. The van der Waals surface area contributed by atoms with E-state index in [4.69, 9.17) is 12.2 Å². The minimum absolute atomic E-state index is 0.00226. The first-order valence-electron chi connectivity index (χ1n) is 5.88. The molecule has 0 aliphatic heterocycles. The number of hydrogen-bond donors (Lipinski definition) is 2. The highest BCUT2D eigenvalue weighted by atomic mass is 32.1. The first-order chi connectivity index (χ1) is 9.15. The summed E-state index contributed by atoms with van der Waals surface area (Å²) < 4.78 is 12.8. The summed E-state index contributed by atoms with van der Waals surface area (Å²) in [6, 6.07) is 10.0. The van der Waals surface area contributed by atoms with Crippen molar-refractivity contribution in [3.63, 3.8) is 0 Å². The third kappa shape index (κ3) is 3.99. The van der Waals surface area contributed by atoms with Gasteiger partial charge in [0.2, 0.25) is 0 Å². The van der Waals surface area contributed by atoms with Crippen molar-refractivity contribution in [2.45, 2.75) is 13.0 Å². The SMILES string of the molecule is CC(NC(=S)Nc1ccncc1)c1ccc(F)cc1. The highest BCUT2D eigenvalue weighted by Gasteiger charge is 2.07. The van der Waals surface area contributed by atoms with Crippen LogP contribution in [-0.4, -0.2) is 10.1 Å². The van der Waals surface area contributed by atoms with Gasteiger partial charge >= 0.3 is 0 Å². The van der Waals surface area contributed by atoms with Gasteiger partial charge in [-0.25, -0.2) is 4.39 Å². The summed E-state index contributed by atoms with van der Waals surface area (Å²) in [5, 5.41) is 6.72. The smallest absolute Gasteiger partial charge is 0.171 e. The fourth-order valence-electron chi connectivity index (χ4n) is 1.63. The largest absolute Gasteiger partial charge is 0.356 e. The highest BCUT2D eigenvalue weighted by Crippen LogP contribution is 2.13. The Morgan fingerprint density at radius 1 is 1.16 bits per heavy atom. The van der Waals surface area contributed by atoms with Crippen LogP contribution in [0, 0.1) is 5.82 Å². The molecule has 1 aromatic carbocycles. The number of pyridine rings is 1. The van der Waals surface area contributed by atoms with Crippen molar-refractivity contribution in [1.82, 2.24) is 10.3 Å². The molecule has 5 heteroatoms. The fourth-order valence-corrected chi connectivity index (χ4v) is 1.93. The van der Waals surface area contributed by atoms with Crippen LogP contribution in [0.15, 0.2) is 48.8 Å². The number of thiocarbonyl (C=S) groups is 1. The molecule has 1 unspecified atom stereocenters. The van der Waals surface area contributed by atoms with Gasteiger partial charge in [-0.05, 0) is 49.0 Å². The third-order valence-electron chi connectivity index (χ3n) is 2.66. The van der Waals surface area contributed by atoms with Crippen molar-refractivity contribution in [3.8, 4) is 0 Å². The van der Waals surface area contributed by atoms with Crippen LogP contribution in [0.4, 0.5) is 10.1 Å². The van der Waals surface area contributed by atoms with Gasteiger partial charge in [-0.3, -0.25) is 4.98 Å². The van der Waals surface area contributed by atoms with Gasteiger partial charge in [0.15, 0.2) is 5.11 Å². The minimum atomic E-state index is -0.242. The Bertz CT molecular complexity index is 542. The summed E-state index contributed by atoms with van der Waals surface area (Å²) in [4.78, 5) is 3.93. The molecule has 0 aliphatic carbocycles. The lowest BCUT2D eigenvalue weighted by Crippen LogP contribution is -2.30. The maximum absolute atomic E-state index is 12.8. The molecule has 0 saturated carbocycles. The standard InChI is InChI=1S/C14H14FN3S/c1-10(11-2-4-12(15)5-3-11)17-14(19)18-13-6-8-16-9-7-13/h2-10H,1H3,(H2,16,17,18,19). The van der Waals surface area contributed by atoms with E-state index in [9.17, 15) is 4.39 Å². The molecule has 1 aromatic heterocycles. The van der Waals surface area contributed by atoms with Gasteiger partial charge in [0, 0.05) is 18.1 Å². The zero-order valence-electron chi connectivity index (χ0n) is 10.4. The Hall–Kier alpha value is -2.01. The lowest BCUT2D eigenvalue weighted by atomic mass is 10.1. The molecule has 0 saturated heterocycles. The summed E-state index contributed by atoms with van der Waals surface area (Å²) in [5.41, 5.74) is 1.85. The summed E-state index contributed by atoms with van der Waals surface area (Å²) >= 11 is 5.22. The van der Waals surface area contributed by atoms with Crippen LogP contribution >= 0.6 is 12.2 Å². The van der Waals surface area contributed by atoms with Gasteiger partial charge in [-0.15, -0.1) is 0 Å². The topological polar surface area (TPSA) is 37.0 Å². The van der Waals surface area contributed by atoms with E-state index in [2.05, 4.69) is 15.6 Å². The van der Waals surface area contributed by atoms with Gasteiger partial charge in [-0.1, -0.05) is 12.1 Å². The average molecular weight is 275 g/mol. The van der Waals surface area contributed by atoms with Crippen LogP contribution in [0.3, 0.4) is 0 Å². The number of nitrogens with zero attached hydrogens (tertiary/aromatic N) is 1. The lowest BCUT2D eigenvalue weighted by Gasteiger charge is -2.17. The zero-order chi connectivity index (χ0) is 13.7. The number of aromatic nitrogens is 1. The average Bonchev–Trinajstić information content (AvgIpc) is 2.40. The highest BCUT2D eigenvalue weighted by molar-refractivity contribution is 7.80. The molecule has 0 spiro atoms. The Morgan fingerprint density at radius 3 is 2.42 bits per heavy atom. The number of benzene rings is 1. The molecule has 0 radical (unpaired) electrons. The minimum Gasteiger partial charge on any atom is -0.356 e. The second-order valence-electron chi connectivity index (χ2n) is 4.11. The van der Waals surface area contributed by atoms with E-state index < -0.39 is 0 Å². The molecule has 19 heavy (non-hydrogen) atoms. The van der Waals surface area contributed by atoms with E-state index in [0.29, 0.717) is 5.11 Å². The third-order valence-corrected chi connectivity index (χ3v) is 2.88. The molecule has 2 rings (SSSR count). The second-order valence-corrected chi connectivity index (χ2v) is 4.52. The summed E-state index contributed by atoms with van der Waals surface area (Å²) in [5.74, 6) is -0.242. The van der Waals surface area contributed by atoms with Gasteiger partial charge in [0.1, 0.15) is 5.82 Å². The Balaban J connectivity index is 1.93. The molecule has 0 bridgehead atoms. The first-order valence-corrected chi connectivity index (χ1v) is 6.29. The molecule has 1 atom stereocenters. The monoisotopic (exact) mass is 275 g/mol. The Labute approximate surface area is 116 Å². The molecule has 0 amide bonds. The van der Waals surface area contributed by atoms with E-state index in [1.807, 2.05) is 19.1 Å². The second kappa shape index (κ2) is 6.24. The van der Waals surface area contributed by atoms with E-state index in [0.717, 1.165) is 11.3 Å². The number of rotatable bonds is 3. The zero-order valence-corrected chi connectivity index (χ0v) is 11.2. The van der Waals surface area contributed by atoms with Crippen LogP contribution in [0.1, 0.15) is 18.5 Å². The van der Waals surface area contributed by atoms with Crippen LogP contribution in [-0.2, 0) is 0 Å². The van der Waals surface area contributed by atoms with Crippen molar-refractivity contribution < 1.29 is 4.39 Å². The predicted molar refractivity (Wildman–Crippen MR) is 78.4 cm³/mol. The predicted octanol–water partition coefficient (Wildman–Crippen LogP) is 3.27. The van der Waals surface area contributed by atoms with Crippen LogP contribution < -0.4 is 10.6 Å². The summed E-state index contributed by atoms with van der Waals surface area (Å²) in [6.07, 6.45) is 3.38. The molecule has 0 aliphatic rings. The quantitative estimate of drug-likeness (QED) is 0.843. The normalized spacial score (nSPS) is 11.7. The van der Waals surface area contributed by atoms with Crippen molar-refractivity contribution in [2.24, 2.45) is 0 Å². The van der Waals surface area contributed by atoms with Gasteiger partial charge in [0.05, 0.1) is 6.04 Å². The molecule has 3 nitrogen and oxygen atoms in total. The molecular formula is C14H14FN3S. The molecule has 1 heterocycles. The number of halogens is 1. The molecule has 98 valence electrons. The van der Waals surface area contributed by atoms with E-state index in [1.165, 1.54) is 12.1 Å². The van der Waals surface area contributed by atoms with Gasteiger partial charge in [0.25, 0.3) is 0 Å². The van der Waals surface area contributed by atoms with Crippen molar-refractivity contribution in [1.29, 1.82) is 0 Å². The van der Waals surface area contributed by atoms with E-state index in [-0.39, 0.29) is 11.9 Å². The molecular weight excluding hydrogens is 261 g/mol. The fraction of sp³-hybridized carbons (Fsp3) is 0.143. The van der Waals surface area contributed by atoms with Gasteiger partial charge < -0.3 is 10.6 Å². The summed E-state index contributed by atoms with van der Waals surface area (Å²) in [7, 11) is 0. The van der Waals surface area contributed by atoms with Crippen LogP contribution in [0.25, 0.3) is 0 Å². The Kier molecular flexibility index (Phi) is 4.41. The molecule has 0 fully saturated rings. The van der Waals surface area contributed by atoms with Crippen molar-refractivity contribution >= 4 is 23.0 Å². The number of nitrogens with one attached hydrogen (secondary N) is 2. The van der Waals surface area contributed by atoms with Crippen LogP contribution in [0.5, 0.6) is 0 Å². The summed E-state index contributed by atoms with van der Waals surface area (Å²) in [6.45, 7) is 1.97. The van der Waals surface area contributed by atoms with Crippen molar-refractivity contribution in [3.05, 3.63) is 60.2 Å². The van der Waals surface area contributed by atoms with E-state index >= 15 is 0 Å². The Morgan fingerprint density at radius 2 is 1.79 bits per heavy atom. The van der Waals surface area contributed by atoms with Crippen molar-refractivity contribution in [2.75, 3.05) is 5.32 Å². The first kappa shape index (κ1) is 13.4. The maximum Gasteiger partial charge on any atom is 0.171 e. The lowest BCUT2D eigenvalue weighted by molar-refractivity contribution is 0.624. The molecule has 2 aromatic rings. The van der Waals surface area contributed by atoms with Crippen LogP contribution in [0.2, 0.25) is 0 Å². The maximum atomic E-state index is 12.8. The number of hydrogen-bond acceptors (Lipinski definition) is 2. The van der Waals surface area contributed by atoms with E-state index in [1.54, 1.807) is 24.5 Å².